The molecule has 0 radical (unpaired) electrons. The predicted molar refractivity (Wildman–Crippen MR) is 178 cm³/mol. The number of benzene rings is 1. The lowest BCUT2D eigenvalue weighted by Gasteiger charge is -2.27. The summed E-state index contributed by atoms with van der Waals surface area (Å²) in [6.07, 6.45) is 5.57. The second-order valence-electron chi connectivity index (χ2n) is 11.8. The number of nitrogens with zero attached hydrogens (tertiary/aromatic N) is 4. The molecular weight excluding hydrogens is 613 g/mol. The van der Waals surface area contributed by atoms with Crippen molar-refractivity contribution < 1.29 is 18.9 Å². The number of carbonyl (C=O) groups excluding carboxylic acids is 1. The van der Waals surface area contributed by atoms with E-state index >= 15 is 0 Å². The van der Waals surface area contributed by atoms with Crippen LogP contribution in [0.1, 0.15) is 64.0 Å². The van der Waals surface area contributed by atoms with Crippen LogP contribution in [0.2, 0.25) is 0 Å². The summed E-state index contributed by atoms with van der Waals surface area (Å²) in [6, 6.07) is 12.2. The van der Waals surface area contributed by atoms with Gasteiger partial charge in [0.25, 0.3) is 0 Å². The minimum absolute atomic E-state index is 0.0274. The third-order valence-electron chi connectivity index (χ3n) is 8.92. The number of hydrogen-bond acceptors (Lipinski definition) is 7. The Hall–Kier alpha value is -3.41. The van der Waals surface area contributed by atoms with E-state index in [9.17, 15) is 18.9 Å². The highest BCUT2D eigenvalue weighted by molar-refractivity contribution is 7.85. The zero-order valence-electron chi connectivity index (χ0n) is 24.8. The molecule has 5 heterocycles. The number of aryl methyl sites for hydroxylation is 2. The van der Waals surface area contributed by atoms with Gasteiger partial charge in [-0.05, 0) is 68.0 Å². The molecule has 1 saturated carbocycles. The van der Waals surface area contributed by atoms with Gasteiger partial charge in [-0.25, -0.2) is 14.8 Å². The molecule has 44 heavy (non-hydrogen) atoms. The van der Waals surface area contributed by atoms with Crippen molar-refractivity contribution in [3.8, 4) is 21.8 Å². The van der Waals surface area contributed by atoms with E-state index in [-0.39, 0.29) is 17.3 Å². The van der Waals surface area contributed by atoms with Crippen molar-refractivity contribution in [3.63, 3.8) is 0 Å². The molecule has 0 atom stereocenters. The van der Waals surface area contributed by atoms with Gasteiger partial charge in [0.2, 0.25) is 5.91 Å². The molecule has 5 aromatic rings. The molecule has 11 heteroatoms. The van der Waals surface area contributed by atoms with E-state index in [1.807, 2.05) is 13.8 Å². The van der Waals surface area contributed by atoms with Gasteiger partial charge >= 0.3 is 5.97 Å². The van der Waals surface area contributed by atoms with Crippen molar-refractivity contribution in [3.05, 3.63) is 57.5 Å². The largest absolute Gasteiger partial charge is 0.477 e. The van der Waals surface area contributed by atoms with Crippen LogP contribution in [0.3, 0.4) is 0 Å². The minimum atomic E-state index is -0.947. The molecule has 7 rings (SSSR count). The van der Waals surface area contributed by atoms with Crippen LogP contribution in [0, 0.1) is 13.8 Å². The summed E-state index contributed by atoms with van der Waals surface area (Å²) >= 11 is 2.97. The number of thiophene rings is 1. The fourth-order valence-electron chi connectivity index (χ4n) is 6.79. The number of rotatable bonds is 6. The second kappa shape index (κ2) is 11.8. The molecule has 1 aliphatic carbocycles. The van der Waals surface area contributed by atoms with Crippen LogP contribution in [0.4, 0.5) is 0 Å². The molecule has 1 aliphatic heterocycles. The predicted octanol–water partition coefficient (Wildman–Crippen LogP) is 7.00. The van der Waals surface area contributed by atoms with E-state index in [1.165, 1.54) is 23.3 Å². The lowest BCUT2D eigenvalue weighted by molar-refractivity contribution is -0.131. The molecule has 2 fully saturated rings. The summed E-state index contributed by atoms with van der Waals surface area (Å²) in [4.78, 5) is 38.6. The number of thiazole rings is 1. The maximum Gasteiger partial charge on any atom is 0.345 e. The number of aromatic carboxylic acids is 1. The Morgan fingerprint density at radius 3 is 2.48 bits per heavy atom. The molecule has 0 spiro atoms. The highest BCUT2D eigenvalue weighted by Gasteiger charge is 2.31. The SMILES string of the molecule is Cc1nc(C)c(-c2ccc3cc(-c4c(C5CCCCC5)c5sc(C(=O)O)cc5n4CC(=O)N4CCS(=O)CC4)ccc3n2)s1. The topological polar surface area (TPSA) is 105 Å². The van der Waals surface area contributed by atoms with Crippen LogP contribution >= 0.6 is 22.7 Å². The van der Waals surface area contributed by atoms with Crippen molar-refractivity contribution in [2.24, 2.45) is 0 Å². The number of pyridine rings is 1. The Labute approximate surface area is 266 Å². The van der Waals surface area contributed by atoms with Crippen LogP contribution in [0.15, 0.2) is 36.4 Å². The second-order valence-corrected chi connectivity index (χ2v) is 15.7. The van der Waals surface area contributed by atoms with E-state index in [0.717, 1.165) is 79.3 Å². The zero-order valence-corrected chi connectivity index (χ0v) is 27.2. The molecular formula is C33H34N4O4S3. The van der Waals surface area contributed by atoms with Crippen LogP contribution in [-0.2, 0) is 22.1 Å². The molecule has 4 aromatic heterocycles. The average Bonchev–Trinajstić information content (AvgIpc) is 3.69. The average molecular weight is 647 g/mol. The fraction of sp³-hybridized carbons (Fsp3) is 0.394. The van der Waals surface area contributed by atoms with E-state index in [0.29, 0.717) is 30.5 Å². The summed E-state index contributed by atoms with van der Waals surface area (Å²) in [6.45, 7) is 5.09. The van der Waals surface area contributed by atoms with Crippen molar-refractivity contribution in [2.75, 3.05) is 24.6 Å². The van der Waals surface area contributed by atoms with Gasteiger partial charge in [0.05, 0.1) is 42.7 Å². The van der Waals surface area contributed by atoms with Crippen molar-refractivity contribution in [2.45, 2.75) is 58.4 Å². The van der Waals surface area contributed by atoms with Crippen LogP contribution in [0.5, 0.6) is 0 Å². The maximum absolute atomic E-state index is 13.7. The Bertz CT molecular complexity index is 1940. The van der Waals surface area contributed by atoms with Gasteiger partial charge in [0.15, 0.2) is 0 Å². The zero-order chi connectivity index (χ0) is 30.5. The Kier molecular flexibility index (Phi) is 7.88. The molecule has 8 nitrogen and oxygen atoms in total. The Morgan fingerprint density at radius 2 is 1.77 bits per heavy atom. The number of amides is 1. The summed E-state index contributed by atoms with van der Waals surface area (Å²) in [5.41, 5.74) is 6.77. The van der Waals surface area contributed by atoms with Gasteiger partial charge < -0.3 is 14.6 Å². The number of carboxylic acid groups (broad SMARTS) is 1. The van der Waals surface area contributed by atoms with Crippen LogP contribution in [-0.4, -0.2) is 65.2 Å². The molecule has 0 unspecified atom stereocenters. The van der Waals surface area contributed by atoms with Crippen molar-refractivity contribution >= 4 is 66.5 Å². The fourth-order valence-corrected chi connectivity index (χ4v) is 9.86. The Morgan fingerprint density at radius 1 is 1.00 bits per heavy atom. The molecule has 2 aliphatic rings. The Balaban J connectivity index is 1.38. The van der Waals surface area contributed by atoms with Crippen LogP contribution in [0.25, 0.3) is 42.9 Å². The van der Waals surface area contributed by atoms with Gasteiger partial charge in [0.1, 0.15) is 11.4 Å². The van der Waals surface area contributed by atoms with Gasteiger partial charge in [-0.3, -0.25) is 9.00 Å². The molecule has 1 aromatic carbocycles. The first kappa shape index (κ1) is 29.3. The minimum Gasteiger partial charge on any atom is -0.477 e. The normalized spacial score (nSPS) is 16.7. The number of fused-ring (bicyclic) bond motifs is 2. The first-order valence-corrected chi connectivity index (χ1v) is 18.3. The van der Waals surface area contributed by atoms with Crippen molar-refractivity contribution in [1.82, 2.24) is 19.4 Å². The third-order valence-corrected chi connectivity index (χ3v) is 12.4. The first-order valence-electron chi connectivity index (χ1n) is 15.1. The van der Waals surface area contributed by atoms with Gasteiger partial charge in [0, 0.05) is 40.8 Å². The molecule has 0 bridgehead atoms. The number of carbonyl (C=O) groups is 2. The van der Waals surface area contributed by atoms with E-state index in [1.54, 1.807) is 22.3 Å². The summed E-state index contributed by atoms with van der Waals surface area (Å²) < 4.78 is 15.0. The van der Waals surface area contributed by atoms with E-state index in [4.69, 9.17) is 4.98 Å². The quantitative estimate of drug-likeness (QED) is 0.213. The smallest absolute Gasteiger partial charge is 0.345 e. The summed E-state index contributed by atoms with van der Waals surface area (Å²) in [5, 5.41) is 11.9. The number of aromatic nitrogens is 3. The van der Waals surface area contributed by atoms with Crippen molar-refractivity contribution in [1.29, 1.82) is 0 Å². The maximum atomic E-state index is 13.7. The highest BCUT2D eigenvalue weighted by Crippen LogP contribution is 2.47. The van der Waals surface area contributed by atoms with E-state index < -0.39 is 16.8 Å². The lowest BCUT2D eigenvalue weighted by atomic mass is 9.83. The van der Waals surface area contributed by atoms with Crippen LogP contribution < -0.4 is 0 Å². The lowest BCUT2D eigenvalue weighted by Crippen LogP contribution is -2.43. The monoisotopic (exact) mass is 646 g/mol. The molecule has 1 saturated heterocycles. The third kappa shape index (κ3) is 5.39. The molecule has 1 amide bonds. The van der Waals surface area contributed by atoms with Gasteiger partial charge in [-0.2, -0.15) is 0 Å². The van der Waals surface area contributed by atoms with E-state index in [2.05, 4.69) is 39.9 Å². The van der Waals surface area contributed by atoms with Gasteiger partial charge in [-0.15, -0.1) is 22.7 Å². The number of hydrogen-bond donors (Lipinski definition) is 1. The molecule has 228 valence electrons. The standard InChI is InChI=1S/C33H34N4O4S3/c1-19-31(42-20(2)34-19)25-11-8-22-16-23(9-10-24(22)35-25)30-29(21-6-4-3-5-7-21)32-26(17-27(43-32)33(39)40)37(30)18-28(38)36-12-14-44(41)15-13-36/h8-11,16-17,21H,3-7,12-15,18H2,1-2H3,(H,39,40). The first-order chi connectivity index (χ1) is 21.3. The number of carboxylic acids is 1. The van der Waals surface area contributed by atoms with Gasteiger partial charge in [-0.1, -0.05) is 31.4 Å². The summed E-state index contributed by atoms with van der Waals surface area (Å²) in [7, 11) is -0.882. The highest BCUT2D eigenvalue weighted by atomic mass is 32.2. The summed E-state index contributed by atoms with van der Waals surface area (Å²) in [5.74, 6) is 0.311. The molecule has 1 N–H and O–H groups in total.